The van der Waals surface area contributed by atoms with Crippen LogP contribution in [0.1, 0.15) is 17.8 Å². The van der Waals surface area contributed by atoms with Gasteiger partial charge in [-0.05, 0) is 28.7 Å². The molecule has 0 N–H and O–H groups in total. The largest absolute Gasteiger partial charge is 0.283 e. The summed E-state index contributed by atoms with van der Waals surface area (Å²) in [7, 11) is 0. The molecule has 1 nitrogen and oxygen atoms in total. The number of nitrogens with zero attached hydrogens (tertiary/aromatic N) is 1. The Kier molecular flexibility index (Phi) is 3.96. The maximum absolute atomic E-state index is 12.9. The van der Waals surface area contributed by atoms with Crippen LogP contribution in [0.4, 0.5) is 13.2 Å². The Morgan fingerprint density at radius 3 is 2.62 bits per heavy atom. The summed E-state index contributed by atoms with van der Waals surface area (Å²) in [6.07, 6.45) is -2.87. The number of hydrogen-bond acceptors (Lipinski definition) is 1. The van der Waals surface area contributed by atoms with Gasteiger partial charge in [-0.25, -0.2) is 18.2 Å². The van der Waals surface area contributed by atoms with E-state index in [4.69, 9.17) is 0 Å². The maximum Gasteiger partial charge on any atom is 0.283 e. The van der Waals surface area contributed by atoms with Gasteiger partial charge in [-0.2, -0.15) is 0 Å². The summed E-state index contributed by atoms with van der Waals surface area (Å²) in [5, 5.41) is 0.339. The Labute approximate surface area is 95.0 Å². The second-order valence-electron chi connectivity index (χ2n) is 2.22. The Morgan fingerprint density at radius 2 is 2.15 bits per heavy atom. The molecular weight excluding hydrogens is 362 g/mol. The summed E-state index contributed by atoms with van der Waals surface area (Å²) in [6, 6.07) is 1.06. The molecule has 1 aromatic heterocycles. The highest BCUT2D eigenvalue weighted by Gasteiger charge is 2.17. The number of halogens is 5. The van der Waals surface area contributed by atoms with Crippen LogP contribution in [0.15, 0.2) is 6.07 Å². The van der Waals surface area contributed by atoms with Gasteiger partial charge in [-0.1, -0.05) is 15.9 Å². The fourth-order valence-electron chi connectivity index (χ4n) is 0.767. The van der Waals surface area contributed by atoms with E-state index in [-0.39, 0.29) is 0 Å². The van der Waals surface area contributed by atoms with Crippen LogP contribution in [0, 0.1) is 9.39 Å². The number of aromatic nitrogens is 1. The van der Waals surface area contributed by atoms with E-state index in [1.165, 1.54) is 0 Å². The van der Waals surface area contributed by atoms with Crippen molar-refractivity contribution in [3.63, 3.8) is 0 Å². The van der Waals surface area contributed by atoms with E-state index in [9.17, 15) is 13.2 Å². The Hall–Kier alpha value is 0.150. The van der Waals surface area contributed by atoms with Crippen LogP contribution in [-0.2, 0) is 5.33 Å². The van der Waals surface area contributed by atoms with E-state index >= 15 is 0 Å². The van der Waals surface area contributed by atoms with Gasteiger partial charge in [0.2, 0.25) is 0 Å². The Balaban J connectivity index is 3.22. The van der Waals surface area contributed by atoms with Crippen molar-refractivity contribution >= 4 is 38.5 Å². The molecule has 13 heavy (non-hydrogen) atoms. The van der Waals surface area contributed by atoms with E-state index in [1.807, 2.05) is 22.6 Å². The lowest BCUT2D eigenvalue weighted by Crippen LogP contribution is -2.01. The van der Waals surface area contributed by atoms with Gasteiger partial charge in [0.15, 0.2) is 5.82 Å². The molecular formula is C7H4BrF3IN. The molecule has 6 heteroatoms. The van der Waals surface area contributed by atoms with Gasteiger partial charge in [0.25, 0.3) is 6.43 Å². The molecule has 0 amide bonds. The van der Waals surface area contributed by atoms with Crippen LogP contribution in [0.5, 0.6) is 0 Å². The molecule has 0 atom stereocenters. The van der Waals surface area contributed by atoms with Gasteiger partial charge < -0.3 is 0 Å². The highest BCUT2D eigenvalue weighted by Crippen LogP contribution is 2.23. The van der Waals surface area contributed by atoms with Gasteiger partial charge in [0.1, 0.15) is 5.69 Å². The molecule has 72 valence electrons. The molecule has 0 bridgehead atoms. The first-order valence-electron chi connectivity index (χ1n) is 3.25. The van der Waals surface area contributed by atoms with Gasteiger partial charge in [0, 0.05) is 8.90 Å². The van der Waals surface area contributed by atoms with Crippen molar-refractivity contribution in [2.24, 2.45) is 0 Å². The lowest BCUT2D eigenvalue weighted by molar-refractivity contribution is 0.140. The van der Waals surface area contributed by atoms with Crippen LogP contribution >= 0.6 is 38.5 Å². The van der Waals surface area contributed by atoms with E-state index in [0.29, 0.717) is 14.6 Å². The quantitative estimate of drug-likeness (QED) is 0.575. The summed E-state index contributed by atoms with van der Waals surface area (Å²) >= 11 is 4.93. The molecule has 0 aliphatic carbocycles. The van der Waals surface area contributed by atoms with Crippen molar-refractivity contribution in [2.75, 3.05) is 0 Å². The van der Waals surface area contributed by atoms with Crippen molar-refractivity contribution in [3.8, 4) is 0 Å². The standard InChI is InChI=1S/C7H4BrF3IN/c8-2-5-4(12)1-3(9)6(13-5)7(10)11/h1,7H,2H2. The SMILES string of the molecule is Fc1cc(I)c(CBr)nc1C(F)F. The van der Waals surface area contributed by atoms with Crippen LogP contribution in [0.3, 0.4) is 0 Å². The normalized spacial score (nSPS) is 10.9. The van der Waals surface area contributed by atoms with Crippen molar-refractivity contribution in [2.45, 2.75) is 11.8 Å². The van der Waals surface area contributed by atoms with Gasteiger partial charge in [-0.3, -0.25) is 0 Å². The predicted molar refractivity (Wildman–Crippen MR) is 54.5 cm³/mol. The molecule has 1 rings (SSSR count). The zero-order chi connectivity index (χ0) is 10.0. The minimum atomic E-state index is -2.87. The van der Waals surface area contributed by atoms with E-state index < -0.39 is 17.9 Å². The average molecular weight is 366 g/mol. The third-order valence-electron chi connectivity index (χ3n) is 1.36. The molecule has 0 unspecified atom stereocenters. The zero-order valence-corrected chi connectivity index (χ0v) is 9.94. The van der Waals surface area contributed by atoms with Crippen LogP contribution in [0.25, 0.3) is 0 Å². The number of hydrogen-bond donors (Lipinski definition) is 0. The lowest BCUT2D eigenvalue weighted by atomic mass is 10.3. The molecule has 1 aromatic rings. The monoisotopic (exact) mass is 365 g/mol. The fraction of sp³-hybridized carbons (Fsp3) is 0.286. The predicted octanol–water partition coefficient (Wildman–Crippen LogP) is 3.66. The summed E-state index contributed by atoms with van der Waals surface area (Å²) in [4.78, 5) is 3.51. The molecule has 0 fully saturated rings. The van der Waals surface area contributed by atoms with Crippen molar-refractivity contribution < 1.29 is 13.2 Å². The van der Waals surface area contributed by atoms with Crippen molar-refractivity contribution in [3.05, 3.63) is 26.8 Å². The topological polar surface area (TPSA) is 12.9 Å². The highest BCUT2D eigenvalue weighted by molar-refractivity contribution is 14.1. The molecule has 0 spiro atoms. The second kappa shape index (κ2) is 4.59. The van der Waals surface area contributed by atoms with Crippen molar-refractivity contribution in [1.29, 1.82) is 0 Å². The first-order valence-corrected chi connectivity index (χ1v) is 5.45. The summed E-state index contributed by atoms with van der Waals surface area (Å²) in [6.45, 7) is 0. The third-order valence-corrected chi connectivity index (χ3v) is 2.83. The van der Waals surface area contributed by atoms with E-state index in [2.05, 4.69) is 20.9 Å². The average Bonchev–Trinajstić information content (AvgIpc) is 2.03. The highest BCUT2D eigenvalue weighted by atomic mass is 127. The maximum atomic E-state index is 12.9. The van der Waals surface area contributed by atoms with Crippen molar-refractivity contribution in [1.82, 2.24) is 4.98 Å². The summed E-state index contributed by atoms with van der Waals surface area (Å²) < 4.78 is 37.7. The lowest BCUT2D eigenvalue weighted by Gasteiger charge is -2.05. The van der Waals surface area contributed by atoms with Crippen LogP contribution < -0.4 is 0 Å². The minimum absolute atomic E-state index is 0.339. The van der Waals surface area contributed by atoms with E-state index in [0.717, 1.165) is 6.07 Å². The summed E-state index contributed by atoms with van der Waals surface area (Å²) in [5.74, 6) is -0.955. The number of pyridine rings is 1. The van der Waals surface area contributed by atoms with Crippen LogP contribution in [0.2, 0.25) is 0 Å². The van der Waals surface area contributed by atoms with Gasteiger partial charge in [-0.15, -0.1) is 0 Å². The molecule has 0 aliphatic rings. The van der Waals surface area contributed by atoms with Gasteiger partial charge in [0.05, 0.1) is 5.69 Å². The summed E-state index contributed by atoms with van der Waals surface area (Å²) in [5.41, 5.74) is -0.354. The van der Waals surface area contributed by atoms with Gasteiger partial charge >= 0.3 is 0 Å². The smallest absolute Gasteiger partial charge is 0.247 e. The first-order chi connectivity index (χ1) is 6.06. The fourth-order valence-corrected chi connectivity index (χ4v) is 2.30. The second-order valence-corrected chi connectivity index (χ2v) is 3.94. The molecule has 0 saturated carbocycles. The first kappa shape index (κ1) is 11.2. The zero-order valence-electron chi connectivity index (χ0n) is 6.20. The minimum Gasteiger partial charge on any atom is -0.247 e. The third kappa shape index (κ3) is 2.55. The number of alkyl halides is 3. The van der Waals surface area contributed by atoms with Crippen LogP contribution in [-0.4, -0.2) is 4.98 Å². The Bertz CT molecular complexity index is 319. The number of rotatable bonds is 2. The molecule has 0 radical (unpaired) electrons. The molecule has 0 aliphatic heterocycles. The van der Waals surface area contributed by atoms with E-state index in [1.54, 1.807) is 0 Å². The Morgan fingerprint density at radius 1 is 1.54 bits per heavy atom. The molecule has 0 saturated heterocycles. The molecule has 1 heterocycles. The molecule has 0 aromatic carbocycles.